The maximum atomic E-state index is 12.1. The van der Waals surface area contributed by atoms with Gasteiger partial charge in [0.2, 0.25) is 0 Å². The summed E-state index contributed by atoms with van der Waals surface area (Å²) in [4.78, 5) is 18.1. The minimum atomic E-state index is 0.0829. The first-order valence-electron chi connectivity index (χ1n) is 5.40. The van der Waals surface area contributed by atoms with Crippen molar-refractivity contribution >= 4 is 29.0 Å². The van der Waals surface area contributed by atoms with E-state index in [4.69, 9.17) is 0 Å². The van der Waals surface area contributed by atoms with E-state index in [9.17, 15) is 4.79 Å². The van der Waals surface area contributed by atoms with Gasteiger partial charge in [-0.1, -0.05) is 13.8 Å². The number of hydrogen-bond donors (Lipinski definition) is 0. The molecule has 16 heavy (non-hydrogen) atoms. The number of carbonyl (C=O) groups excluding carboxylic acids is 1. The summed E-state index contributed by atoms with van der Waals surface area (Å²) in [5.74, 6) is 1.10. The molecule has 1 saturated heterocycles. The third-order valence-electron chi connectivity index (χ3n) is 2.78. The average molecular weight is 256 g/mol. The molecule has 5 heteroatoms. The van der Waals surface area contributed by atoms with Crippen LogP contribution in [0.4, 0.5) is 0 Å². The van der Waals surface area contributed by atoms with E-state index in [2.05, 4.69) is 18.8 Å². The third kappa shape index (κ3) is 2.77. The van der Waals surface area contributed by atoms with Gasteiger partial charge in [-0.15, -0.1) is 11.3 Å². The number of hydrogen-bond acceptors (Lipinski definition) is 4. The molecular formula is C11H16N2OS2. The molecule has 0 aromatic carbocycles. The van der Waals surface area contributed by atoms with Crippen LogP contribution in [0.1, 0.15) is 30.8 Å². The molecule has 0 N–H and O–H groups in total. The summed E-state index contributed by atoms with van der Waals surface area (Å²) in [5, 5.41) is 1.82. The molecule has 0 spiro atoms. The van der Waals surface area contributed by atoms with E-state index < -0.39 is 0 Å². The van der Waals surface area contributed by atoms with Crippen molar-refractivity contribution in [1.29, 1.82) is 0 Å². The maximum absolute atomic E-state index is 12.1. The number of carbonyl (C=O) groups is 1. The predicted molar refractivity (Wildman–Crippen MR) is 69.2 cm³/mol. The molecule has 3 nitrogen and oxygen atoms in total. The van der Waals surface area contributed by atoms with E-state index in [-0.39, 0.29) is 10.7 Å². The fourth-order valence-electron chi connectivity index (χ4n) is 1.70. The lowest BCUT2D eigenvalue weighted by Crippen LogP contribution is -2.33. The molecule has 1 aliphatic heterocycles. The quantitative estimate of drug-likeness (QED) is 0.774. The monoisotopic (exact) mass is 256 g/mol. The highest BCUT2D eigenvalue weighted by atomic mass is 32.2. The van der Waals surface area contributed by atoms with Crippen molar-refractivity contribution in [3.05, 3.63) is 16.6 Å². The summed E-state index contributed by atoms with van der Waals surface area (Å²) < 4.78 is 0.289. The van der Waals surface area contributed by atoms with Gasteiger partial charge in [-0.05, 0) is 6.42 Å². The number of amides is 1. The molecular weight excluding hydrogens is 240 g/mol. The van der Waals surface area contributed by atoms with Gasteiger partial charge in [0.1, 0.15) is 5.69 Å². The van der Waals surface area contributed by atoms with Crippen molar-refractivity contribution in [2.75, 3.05) is 18.8 Å². The zero-order valence-corrected chi connectivity index (χ0v) is 11.2. The van der Waals surface area contributed by atoms with Crippen LogP contribution in [0.2, 0.25) is 0 Å². The van der Waals surface area contributed by atoms with Gasteiger partial charge in [0.05, 0.1) is 5.51 Å². The van der Waals surface area contributed by atoms with Crippen LogP contribution in [0.3, 0.4) is 0 Å². The summed E-state index contributed by atoms with van der Waals surface area (Å²) in [7, 11) is 0. The zero-order chi connectivity index (χ0) is 11.6. The van der Waals surface area contributed by atoms with Gasteiger partial charge in [-0.2, -0.15) is 11.8 Å². The Balaban J connectivity index is 2.03. The highest BCUT2D eigenvalue weighted by Gasteiger charge is 2.26. The SMILES string of the molecule is CC1(C)CCN(C(=O)c2cscn2)CCS1. The Morgan fingerprint density at radius 3 is 3.00 bits per heavy atom. The van der Waals surface area contributed by atoms with Crippen LogP contribution in [-0.2, 0) is 0 Å². The summed E-state index contributed by atoms with van der Waals surface area (Å²) in [6.45, 7) is 6.17. The van der Waals surface area contributed by atoms with E-state index in [0.29, 0.717) is 5.69 Å². The Kier molecular flexibility index (Phi) is 3.54. The van der Waals surface area contributed by atoms with Gasteiger partial charge in [0.25, 0.3) is 5.91 Å². The van der Waals surface area contributed by atoms with Gasteiger partial charge < -0.3 is 4.90 Å². The van der Waals surface area contributed by atoms with Crippen molar-refractivity contribution in [3.63, 3.8) is 0 Å². The molecule has 0 radical (unpaired) electrons. The topological polar surface area (TPSA) is 33.2 Å². The van der Waals surface area contributed by atoms with Crippen molar-refractivity contribution in [3.8, 4) is 0 Å². The summed E-state index contributed by atoms with van der Waals surface area (Å²) >= 11 is 3.42. The van der Waals surface area contributed by atoms with Gasteiger partial charge in [0.15, 0.2) is 0 Å². The lowest BCUT2D eigenvalue weighted by atomic mass is 10.1. The van der Waals surface area contributed by atoms with Crippen LogP contribution < -0.4 is 0 Å². The minimum absolute atomic E-state index is 0.0829. The van der Waals surface area contributed by atoms with Crippen molar-refractivity contribution in [2.24, 2.45) is 0 Å². The second-order valence-corrected chi connectivity index (χ2v) is 7.04. The number of aromatic nitrogens is 1. The second kappa shape index (κ2) is 4.75. The van der Waals surface area contributed by atoms with Gasteiger partial charge in [-0.3, -0.25) is 4.79 Å². The Labute approximate surface area is 104 Å². The molecule has 0 atom stereocenters. The number of rotatable bonds is 1. The fraction of sp³-hybridized carbons (Fsp3) is 0.636. The predicted octanol–water partition coefficient (Wildman–Crippen LogP) is 2.50. The van der Waals surface area contributed by atoms with Crippen molar-refractivity contribution < 1.29 is 4.79 Å². The molecule has 0 unspecified atom stereocenters. The number of thiazole rings is 1. The molecule has 1 aliphatic rings. The van der Waals surface area contributed by atoms with E-state index in [0.717, 1.165) is 25.3 Å². The molecule has 2 heterocycles. The molecule has 1 aromatic heterocycles. The number of thioether (sulfide) groups is 1. The molecule has 1 amide bonds. The summed E-state index contributed by atoms with van der Waals surface area (Å²) in [6.07, 6.45) is 1.05. The highest BCUT2D eigenvalue weighted by Crippen LogP contribution is 2.30. The van der Waals surface area contributed by atoms with Crippen LogP contribution in [0.25, 0.3) is 0 Å². The van der Waals surface area contributed by atoms with Gasteiger partial charge in [-0.25, -0.2) is 4.98 Å². The van der Waals surface area contributed by atoms with Crippen molar-refractivity contribution in [1.82, 2.24) is 9.88 Å². The Hall–Kier alpha value is -0.550. The lowest BCUT2D eigenvalue weighted by molar-refractivity contribution is 0.0759. The fourth-order valence-corrected chi connectivity index (χ4v) is 3.33. The van der Waals surface area contributed by atoms with Crippen molar-refractivity contribution in [2.45, 2.75) is 25.0 Å². The van der Waals surface area contributed by atoms with Crippen LogP contribution in [0, 0.1) is 0 Å². The van der Waals surface area contributed by atoms with E-state index in [1.165, 1.54) is 11.3 Å². The molecule has 1 aromatic rings. The second-order valence-electron chi connectivity index (χ2n) is 4.52. The average Bonchev–Trinajstić information content (AvgIpc) is 2.69. The standard InChI is InChI=1S/C11H16N2OS2/c1-11(2)3-4-13(5-6-16-11)10(14)9-7-15-8-12-9/h7-8H,3-6H2,1-2H3. The Morgan fingerprint density at radius 2 is 2.31 bits per heavy atom. The summed E-state index contributed by atoms with van der Waals surface area (Å²) in [5.41, 5.74) is 2.30. The first-order valence-corrected chi connectivity index (χ1v) is 7.33. The zero-order valence-electron chi connectivity index (χ0n) is 9.60. The minimum Gasteiger partial charge on any atom is -0.336 e. The third-order valence-corrected chi connectivity index (χ3v) is 4.74. The molecule has 1 fully saturated rings. The number of nitrogens with zero attached hydrogens (tertiary/aromatic N) is 2. The normalized spacial score (nSPS) is 20.5. The van der Waals surface area contributed by atoms with E-state index in [1.54, 1.807) is 5.51 Å². The first-order chi connectivity index (χ1) is 7.58. The van der Waals surface area contributed by atoms with Crippen LogP contribution in [0.5, 0.6) is 0 Å². The van der Waals surface area contributed by atoms with Crippen LogP contribution >= 0.6 is 23.1 Å². The molecule has 0 saturated carbocycles. The molecule has 0 bridgehead atoms. The first kappa shape index (κ1) is 11.9. The largest absolute Gasteiger partial charge is 0.336 e. The van der Waals surface area contributed by atoms with Gasteiger partial charge >= 0.3 is 0 Å². The maximum Gasteiger partial charge on any atom is 0.273 e. The Morgan fingerprint density at radius 1 is 1.50 bits per heavy atom. The van der Waals surface area contributed by atoms with E-state index >= 15 is 0 Å². The van der Waals surface area contributed by atoms with Gasteiger partial charge in [0, 0.05) is 29.0 Å². The summed E-state index contributed by atoms with van der Waals surface area (Å²) in [6, 6.07) is 0. The molecule has 2 rings (SSSR count). The molecule has 88 valence electrons. The van der Waals surface area contributed by atoms with Crippen LogP contribution in [-0.4, -0.2) is 39.4 Å². The van der Waals surface area contributed by atoms with Crippen LogP contribution in [0.15, 0.2) is 10.9 Å². The lowest BCUT2D eigenvalue weighted by Gasteiger charge is -2.22. The van der Waals surface area contributed by atoms with E-state index in [1.807, 2.05) is 22.0 Å². The smallest absolute Gasteiger partial charge is 0.273 e. The molecule has 0 aliphatic carbocycles. The highest BCUT2D eigenvalue weighted by molar-refractivity contribution is 8.00. The Bertz CT molecular complexity index is 362.